The molecule has 6 heteroatoms. The van der Waals surface area contributed by atoms with Crippen molar-refractivity contribution in [2.45, 2.75) is 12.5 Å². The molecule has 1 aromatic heterocycles. The highest BCUT2D eigenvalue weighted by atomic mass is 35.5. The predicted molar refractivity (Wildman–Crippen MR) is 97.5 cm³/mol. The monoisotopic (exact) mass is 344 g/mol. The van der Waals surface area contributed by atoms with E-state index >= 15 is 0 Å². The third-order valence-corrected chi connectivity index (χ3v) is 4.70. The molecule has 1 saturated heterocycles. The van der Waals surface area contributed by atoms with Gasteiger partial charge in [0, 0.05) is 43.9 Å². The standard InChI is InChI=1S/C18H21ClN4O/c19-16-6-4-15(5-7-16)17(21-24)8-10-22-11-13-23(14-12-22)18-3-1-2-9-20-18/h1-7,9,17H,8,10-14H2. The quantitative estimate of drug-likeness (QED) is 0.749. The van der Waals surface area contributed by atoms with Gasteiger partial charge < -0.3 is 4.90 Å². The van der Waals surface area contributed by atoms with E-state index in [0.29, 0.717) is 5.02 Å². The number of benzene rings is 1. The molecule has 5 nitrogen and oxygen atoms in total. The highest BCUT2D eigenvalue weighted by molar-refractivity contribution is 6.30. The first kappa shape index (κ1) is 16.9. The smallest absolute Gasteiger partial charge is 0.128 e. The number of hydrogen-bond donors (Lipinski definition) is 0. The van der Waals surface area contributed by atoms with E-state index in [4.69, 9.17) is 11.6 Å². The summed E-state index contributed by atoms with van der Waals surface area (Å²) >= 11 is 5.90. The molecule has 126 valence electrons. The first-order valence-corrected chi connectivity index (χ1v) is 8.60. The van der Waals surface area contributed by atoms with Crippen molar-refractivity contribution >= 4 is 17.4 Å². The van der Waals surface area contributed by atoms with Crippen LogP contribution < -0.4 is 4.90 Å². The third-order valence-electron chi connectivity index (χ3n) is 4.45. The van der Waals surface area contributed by atoms with Crippen LogP contribution >= 0.6 is 11.6 Å². The number of rotatable bonds is 6. The molecule has 1 aliphatic rings. The van der Waals surface area contributed by atoms with Gasteiger partial charge >= 0.3 is 0 Å². The maximum absolute atomic E-state index is 11.2. The average Bonchev–Trinajstić information content (AvgIpc) is 2.65. The fourth-order valence-electron chi connectivity index (χ4n) is 3.01. The van der Waals surface area contributed by atoms with Crippen LogP contribution in [0.3, 0.4) is 0 Å². The molecule has 0 N–H and O–H groups in total. The summed E-state index contributed by atoms with van der Waals surface area (Å²) in [5, 5.41) is 3.97. The minimum absolute atomic E-state index is 0.309. The van der Waals surface area contributed by atoms with E-state index < -0.39 is 0 Å². The summed E-state index contributed by atoms with van der Waals surface area (Å²) in [7, 11) is 0. The van der Waals surface area contributed by atoms with Gasteiger partial charge in [-0.05, 0) is 36.2 Å². The van der Waals surface area contributed by atoms with E-state index in [1.54, 1.807) is 12.1 Å². The number of piperazine rings is 1. The van der Waals surface area contributed by atoms with E-state index in [-0.39, 0.29) is 6.04 Å². The van der Waals surface area contributed by atoms with Crippen LogP contribution in [-0.2, 0) is 0 Å². The molecule has 3 rings (SSSR count). The lowest BCUT2D eigenvalue weighted by molar-refractivity contribution is 0.248. The second-order valence-electron chi connectivity index (χ2n) is 5.98. The van der Waals surface area contributed by atoms with Crippen molar-refractivity contribution < 1.29 is 0 Å². The average molecular weight is 345 g/mol. The van der Waals surface area contributed by atoms with Gasteiger partial charge in [0.1, 0.15) is 11.9 Å². The molecule has 1 aromatic carbocycles. The number of pyridine rings is 1. The van der Waals surface area contributed by atoms with Crippen LogP contribution in [0, 0.1) is 4.91 Å². The number of halogens is 1. The molecule has 0 spiro atoms. The SMILES string of the molecule is O=NC(CCN1CCN(c2ccccn2)CC1)c1ccc(Cl)cc1. The Balaban J connectivity index is 1.49. The Bertz CT molecular complexity index is 642. The topological polar surface area (TPSA) is 48.8 Å². The minimum atomic E-state index is -0.309. The molecule has 0 bridgehead atoms. The summed E-state index contributed by atoms with van der Waals surface area (Å²) in [5.41, 5.74) is 0.932. The largest absolute Gasteiger partial charge is 0.354 e. The van der Waals surface area contributed by atoms with Crippen LogP contribution in [0.25, 0.3) is 0 Å². The highest BCUT2D eigenvalue weighted by Gasteiger charge is 2.19. The molecule has 1 fully saturated rings. The van der Waals surface area contributed by atoms with Crippen molar-refractivity contribution in [3.8, 4) is 0 Å². The van der Waals surface area contributed by atoms with Crippen LogP contribution in [0.5, 0.6) is 0 Å². The lowest BCUT2D eigenvalue weighted by atomic mass is 10.0. The van der Waals surface area contributed by atoms with Crippen molar-refractivity contribution in [2.24, 2.45) is 5.18 Å². The molecular formula is C18H21ClN4O. The number of nitroso groups, excluding NO2 is 1. The van der Waals surface area contributed by atoms with Crippen LogP contribution in [0.1, 0.15) is 18.0 Å². The molecule has 2 heterocycles. The van der Waals surface area contributed by atoms with Crippen molar-refractivity contribution in [2.75, 3.05) is 37.6 Å². The molecule has 0 saturated carbocycles. The summed E-state index contributed by atoms with van der Waals surface area (Å²) in [6.07, 6.45) is 2.56. The maximum atomic E-state index is 11.2. The van der Waals surface area contributed by atoms with E-state index in [9.17, 15) is 4.91 Å². The van der Waals surface area contributed by atoms with Crippen LogP contribution in [-0.4, -0.2) is 42.6 Å². The van der Waals surface area contributed by atoms with Gasteiger partial charge in [0.2, 0.25) is 0 Å². The van der Waals surface area contributed by atoms with Crippen LogP contribution in [0.15, 0.2) is 53.8 Å². The molecule has 0 radical (unpaired) electrons. The van der Waals surface area contributed by atoms with Gasteiger partial charge in [-0.3, -0.25) is 4.90 Å². The first-order chi connectivity index (χ1) is 11.8. The van der Waals surface area contributed by atoms with Gasteiger partial charge in [-0.25, -0.2) is 4.98 Å². The Hall–Kier alpha value is -1.98. The Kier molecular flexibility index (Phi) is 5.77. The van der Waals surface area contributed by atoms with E-state index in [1.165, 1.54) is 0 Å². The summed E-state index contributed by atoms with van der Waals surface area (Å²) in [6, 6.07) is 13.1. The van der Waals surface area contributed by atoms with Gasteiger partial charge in [0.05, 0.1) is 0 Å². The van der Waals surface area contributed by atoms with Crippen LogP contribution in [0.2, 0.25) is 5.02 Å². The van der Waals surface area contributed by atoms with Gasteiger partial charge in [-0.15, -0.1) is 0 Å². The van der Waals surface area contributed by atoms with E-state index in [0.717, 1.165) is 50.5 Å². The van der Waals surface area contributed by atoms with Gasteiger partial charge in [0.15, 0.2) is 0 Å². The Labute approximate surface area is 147 Å². The lowest BCUT2D eigenvalue weighted by Crippen LogP contribution is -2.47. The Morgan fingerprint density at radius 2 is 1.83 bits per heavy atom. The number of nitrogens with zero attached hydrogens (tertiary/aromatic N) is 4. The lowest BCUT2D eigenvalue weighted by Gasteiger charge is -2.35. The summed E-state index contributed by atoms with van der Waals surface area (Å²) in [5.74, 6) is 1.03. The van der Waals surface area contributed by atoms with Crippen molar-refractivity contribution in [1.82, 2.24) is 9.88 Å². The second-order valence-corrected chi connectivity index (χ2v) is 6.41. The zero-order valence-corrected chi connectivity index (χ0v) is 14.3. The second kappa shape index (κ2) is 8.22. The maximum Gasteiger partial charge on any atom is 0.128 e. The first-order valence-electron chi connectivity index (χ1n) is 8.22. The number of hydrogen-bond acceptors (Lipinski definition) is 5. The number of aromatic nitrogens is 1. The van der Waals surface area contributed by atoms with Crippen molar-refractivity contribution in [3.63, 3.8) is 0 Å². The normalized spacial score (nSPS) is 16.8. The predicted octanol–water partition coefficient (Wildman–Crippen LogP) is 3.75. The van der Waals surface area contributed by atoms with Crippen molar-refractivity contribution in [1.29, 1.82) is 0 Å². The minimum Gasteiger partial charge on any atom is -0.354 e. The summed E-state index contributed by atoms with van der Waals surface area (Å²) in [4.78, 5) is 20.3. The molecule has 1 aliphatic heterocycles. The highest BCUT2D eigenvalue weighted by Crippen LogP contribution is 2.23. The van der Waals surface area contributed by atoms with Gasteiger partial charge in [-0.2, -0.15) is 4.91 Å². The summed E-state index contributed by atoms with van der Waals surface area (Å²) in [6.45, 7) is 4.73. The molecule has 0 amide bonds. The molecule has 1 unspecified atom stereocenters. The zero-order valence-electron chi connectivity index (χ0n) is 13.5. The van der Waals surface area contributed by atoms with E-state index in [1.807, 2.05) is 36.5 Å². The van der Waals surface area contributed by atoms with Gasteiger partial charge in [-0.1, -0.05) is 35.0 Å². The summed E-state index contributed by atoms with van der Waals surface area (Å²) < 4.78 is 0. The molecule has 1 atom stereocenters. The third kappa shape index (κ3) is 4.30. The number of anilines is 1. The van der Waals surface area contributed by atoms with Crippen molar-refractivity contribution in [3.05, 3.63) is 64.2 Å². The van der Waals surface area contributed by atoms with E-state index in [2.05, 4.69) is 20.0 Å². The zero-order chi connectivity index (χ0) is 16.8. The fourth-order valence-corrected chi connectivity index (χ4v) is 3.14. The molecule has 24 heavy (non-hydrogen) atoms. The van der Waals surface area contributed by atoms with Gasteiger partial charge in [0.25, 0.3) is 0 Å². The molecular weight excluding hydrogens is 324 g/mol. The Morgan fingerprint density at radius 1 is 1.08 bits per heavy atom. The fraction of sp³-hybridized carbons (Fsp3) is 0.389. The Morgan fingerprint density at radius 3 is 2.46 bits per heavy atom. The van der Waals surface area contributed by atoms with Crippen LogP contribution in [0.4, 0.5) is 5.82 Å². The molecule has 0 aliphatic carbocycles. The molecule has 2 aromatic rings.